The van der Waals surface area contributed by atoms with Crippen molar-refractivity contribution in [2.24, 2.45) is 0 Å². The lowest BCUT2D eigenvalue weighted by molar-refractivity contribution is 0.0772. The first-order chi connectivity index (χ1) is 14.6. The number of fused-ring (bicyclic) bond motifs is 1. The average molecular weight is 402 g/mol. The minimum atomic E-state index is -0.240. The third-order valence-electron chi connectivity index (χ3n) is 5.56. The Kier molecular flexibility index (Phi) is 5.65. The summed E-state index contributed by atoms with van der Waals surface area (Å²) < 4.78 is 1.89. The van der Waals surface area contributed by atoms with Crippen LogP contribution in [0.15, 0.2) is 54.6 Å². The number of hydrogen-bond donors (Lipinski definition) is 1. The number of nitrogens with zero attached hydrogens (tertiary/aromatic N) is 3. The van der Waals surface area contributed by atoms with E-state index in [0.29, 0.717) is 30.0 Å². The molecule has 1 aromatic heterocycles. The quantitative estimate of drug-likeness (QED) is 0.675. The van der Waals surface area contributed by atoms with Gasteiger partial charge >= 0.3 is 0 Å². The fraction of sp³-hybridized carbons (Fsp3) is 0.292. The molecule has 1 aliphatic carbocycles. The highest BCUT2D eigenvalue weighted by molar-refractivity contribution is 6.05. The summed E-state index contributed by atoms with van der Waals surface area (Å²) in [6, 6.07) is 17.0. The van der Waals surface area contributed by atoms with Gasteiger partial charge in [-0.25, -0.2) is 4.68 Å². The van der Waals surface area contributed by atoms with Gasteiger partial charge in [0.15, 0.2) is 5.69 Å². The molecule has 0 fully saturated rings. The Balaban J connectivity index is 1.60. The minimum Gasteiger partial charge on any atom is -0.339 e. The van der Waals surface area contributed by atoms with Gasteiger partial charge in [0, 0.05) is 35.6 Å². The molecule has 0 bridgehead atoms. The number of benzene rings is 2. The minimum absolute atomic E-state index is 0.0367. The Bertz CT molecular complexity index is 1070. The van der Waals surface area contributed by atoms with Gasteiger partial charge in [-0.1, -0.05) is 24.3 Å². The summed E-state index contributed by atoms with van der Waals surface area (Å²) in [5, 5.41) is 7.58. The summed E-state index contributed by atoms with van der Waals surface area (Å²) >= 11 is 0. The second-order valence-electron chi connectivity index (χ2n) is 7.39. The van der Waals surface area contributed by atoms with Crippen LogP contribution in [0, 0.1) is 0 Å². The maximum atomic E-state index is 13.1. The maximum absolute atomic E-state index is 13.1. The van der Waals surface area contributed by atoms with Crippen molar-refractivity contribution in [2.75, 3.05) is 18.4 Å². The molecular weight excluding hydrogens is 376 g/mol. The third-order valence-corrected chi connectivity index (χ3v) is 5.56. The first-order valence-corrected chi connectivity index (χ1v) is 10.5. The molecule has 3 aromatic rings. The molecule has 0 saturated carbocycles. The summed E-state index contributed by atoms with van der Waals surface area (Å²) in [7, 11) is 0. The molecule has 0 aliphatic heterocycles. The zero-order chi connectivity index (χ0) is 21.1. The standard InChI is InChI=1S/C24H26N4O2/c1-3-27(4-2)24(30)17-10-8-11-18(16-17)25-23(29)22-20-14-9-15-21(20)28(26-22)19-12-6-5-7-13-19/h5-8,10-13,16H,3-4,9,14-15H2,1-2H3,(H,25,29). The molecule has 1 aliphatic rings. The first-order valence-electron chi connectivity index (χ1n) is 10.5. The summed E-state index contributed by atoms with van der Waals surface area (Å²) in [6.45, 7) is 5.21. The van der Waals surface area contributed by atoms with E-state index in [4.69, 9.17) is 0 Å². The average Bonchev–Trinajstić information content (AvgIpc) is 3.38. The SMILES string of the molecule is CCN(CC)C(=O)c1cccc(NC(=O)c2nn(-c3ccccc3)c3c2CCC3)c1. The summed E-state index contributed by atoms with van der Waals surface area (Å²) in [6.07, 6.45) is 2.79. The molecule has 0 saturated heterocycles. The monoisotopic (exact) mass is 402 g/mol. The van der Waals surface area contributed by atoms with Crippen molar-refractivity contribution in [3.8, 4) is 5.69 Å². The van der Waals surface area contributed by atoms with E-state index in [2.05, 4.69) is 10.4 Å². The van der Waals surface area contributed by atoms with Crippen LogP contribution in [-0.4, -0.2) is 39.6 Å². The molecule has 1 N–H and O–H groups in total. The van der Waals surface area contributed by atoms with E-state index in [9.17, 15) is 9.59 Å². The molecule has 0 radical (unpaired) electrons. The third kappa shape index (κ3) is 3.73. The molecule has 4 rings (SSSR count). The Morgan fingerprint density at radius 2 is 1.80 bits per heavy atom. The summed E-state index contributed by atoms with van der Waals surface area (Å²) in [5.41, 5.74) is 4.72. The van der Waals surface area contributed by atoms with Crippen LogP contribution in [0.25, 0.3) is 5.69 Å². The Morgan fingerprint density at radius 3 is 2.53 bits per heavy atom. The van der Waals surface area contributed by atoms with Gasteiger partial charge in [-0.15, -0.1) is 0 Å². The zero-order valence-electron chi connectivity index (χ0n) is 17.4. The highest BCUT2D eigenvalue weighted by Gasteiger charge is 2.27. The lowest BCUT2D eigenvalue weighted by atomic mass is 10.1. The van der Waals surface area contributed by atoms with Gasteiger partial charge in [-0.2, -0.15) is 5.10 Å². The molecule has 2 amide bonds. The van der Waals surface area contributed by atoms with Crippen LogP contribution < -0.4 is 5.32 Å². The van der Waals surface area contributed by atoms with E-state index < -0.39 is 0 Å². The van der Waals surface area contributed by atoms with Crippen LogP contribution in [0.2, 0.25) is 0 Å². The topological polar surface area (TPSA) is 67.2 Å². The molecule has 30 heavy (non-hydrogen) atoms. The van der Waals surface area contributed by atoms with Crippen LogP contribution in [0.4, 0.5) is 5.69 Å². The van der Waals surface area contributed by atoms with Gasteiger partial charge in [-0.3, -0.25) is 9.59 Å². The number of rotatable bonds is 6. The molecule has 2 aromatic carbocycles. The maximum Gasteiger partial charge on any atom is 0.276 e. The summed E-state index contributed by atoms with van der Waals surface area (Å²) in [5.74, 6) is -0.277. The van der Waals surface area contributed by atoms with Gasteiger partial charge < -0.3 is 10.2 Å². The number of amides is 2. The Morgan fingerprint density at radius 1 is 1.03 bits per heavy atom. The Labute approximate surface area is 176 Å². The van der Waals surface area contributed by atoms with Crippen LogP contribution in [0.5, 0.6) is 0 Å². The predicted octanol–water partition coefficient (Wildman–Crippen LogP) is 4.10. The van der Waals surface area contributed by atoms with E-state index in [-0.39, 0.29) is 11.8 Å². The van der Waals surface area contributed by atoms with Crippen molar-refractivity contribution in [1.29, 1.82) is 0 Å². The summed E-state index contributed by atoms with van der Waals surface area (Å²) in [4.78, 5) is 27.4. The molecule has 0 unspecified atom stereocenters. The van der Waals surface area contributed by atoms with Crippen molar-refractivity contribution in [3.05, 3.63) is 77.1 Å². The molecule has 0 spiro atoms. The molecule has 1 heterocycles. The van der Waals surface area contributed by atoms with Crippen molar-refractivity contribution >= 4 is 17.5 Å². The number of hydrogen-bond acceptors (Lipinski definition) is 3. The zero-order valence-corrected chi connectivity index (χ0v) is 17.4. The van der Waals surface area contributed by atoms with E-state index >= 15 is 0 Å². The van der Waals surface area contributed by atoms with Crippen LogP contribution >= 0.6 is 0 Å². The lowest BCUT2D eigenvalue weighted by Crippen LogP contribution is -2.30. The van der Waals surface area contributed by atoms with E-state index in [1.54, 1.807) is 29.2 Å². The highest BCUT2D eigenvalue weighted by Crippen LogP contribution is 2.28. The van der Waals surface area contributed by atoms with Gasteiger partial charge in [-0.05, 0) is 63.4 Å². The first kappa shape index (κ1) is 19.9. The van der Waals surface area contributed by atoms with Gasteiger partial charge in [0.1, 0.15) is 0 Å². The number of anilines is 1. The van der Waals surface area contributed by atoms with Gasteiger partial charge in [0.05, 0.1) is 5.69 Å². The van der Waals surface area contributed by atoms with Crippen molar-refractivity contribution in [3.63, 3.8) is 0 Å². The smallest absolute Gasteiger partial charge is 0.276 e. The fourth-order valence-electron chi connectivity index (χ4n) is 4.02. The fourth-order valence-corrected chi connectivity index (χ4v) is 4.02. The van der Waals surface area contributed by atoms with Gasteiger partial charge in [0.25, 0.3) is 11.8 Å². The molecule has 6 nitrogen and oxygen atoms in total. The molecular formula is C24H26N4O2. The van der Waals surface area contributed by atoms with E-state index in [0.717, 1.165) is 36.2 Å². The normalized spacial score (nSPS) is 12.5. The lowest BCUT2D eigenvalue weighted by Gasteiger charge is -2.19. The van der Waals surface area contributed by atoms with Crippen LogP contribution in [-0.2, 0) is 12.8 Å². The number of aromatic nitrogens is 2. The number of carbonyl (C=O) groups excluding carboxylic acids is 2. The molecule has 154 valence electrons. The van der Waals surface area contributed by atoms with Gasteiger partial charge in [0.2, 0.25) is 0 Å². The van der Waals surface area contributed by atoms with Crippen LogP contribution in [0.1, 0.15) is 52.4 Å². The predicted molar refractivity (Wildman–Crippen MR) is 117 cm³/mol. The largest absolute Gasteiger partial charge is 0.339 e. The number of carbonyl (C=O) groups is 2. The second-order valence-corrected chi connectivity index (χ2v) is 7.39. The van der Waals surface area contributed by atoms with Crippen molar-refractivity contribution in [2.45, 2.75) is 33.1 Å². The number of nitrogens with one attached hydrogen (secondary N) is 1. The van der Waals surface area contributed by atoms with E-state index in [1.165, 1.54) is 0 Å². The van der Waals surface area contributed by atoms with Crippen molar-refractivity contribution in [1.82, 2.24) is 14.7 Å². The van der Waals surface area contributed by atoms with E-state index in [1.807, 2.05) is 48.9 Å². The Hall–Kier alpha value is -3.41. The highest BCUT2D eigenvalue weighted by atomic mass is 16.2. The second kappa shape index (κ2) is 8.53. The molecule has 0 atom stereocenters. The van der Waals surface area contributed by atoms with Crippen LogP contribution in [0.3, 0.4) is 0 Å². The van der Waals surface area contributed by atoms with Crippen molar-refractivity contribution < 1.29 is 9.59 Å². The number of para-hydroxylation sites is 1. The molecule has 6 heteroatoms.